The van der Waals surface area contributed by atoms with Crippen LogP contribution in [-0.2, 0) is 12.1 Å². The molecule has 3 nitrogen and oxygen atoms in total. The second kappa shape index (κ2) is 4.45. The molecular formula is C14H25N3. The quantitative estimate of drug-likeness (QED) is 0.850. The highest BCUT2D eigenvalue weighted by Gasteiger charge is 2.36. The standard InChI is InChI=1S/C14H25N3/c1-5-14(7-6-8-14)10-17-11-16-9-12(17)13(2,3)15-4/h9,11,15H,5-8,10H2,1-4H3. The molecule has 0 amide bonds. The number of hydrogen-bond donors (Lipinski definition) is 1. The lowest BCUT2D eigenvalue weighted by atomic mass is 9.67. The maximum atomic E-state index is 4.34. The number of hydrogen-bond acceptors (Lipinski definition) is 2. The Labute approximate surface area is 105 Å². The van der Waals surface area contributed by atoms with Gasteiger partial charge in [-0.15, -0.1) is 0 Å². The van der Waals surface area contributed by atoms with Gasteiger partial charge in [-0.05, 0) is 45.6 Å². The van der Waals surface area contributed by atoms with Crippen LogP contribution in [0.15, 0.2) is 12.5 Å². The zero-order chi connectivity index (χ0) is 12.5. The minimum absolute atomic E-state index is 0.00478. The summed E-state index contributed by atoms with van der Waals surface area (Å²) in [6, 6.07) is 0. The van der Waals surface area contributed by atoms with Gasteiger partial charge in [-0.2, -0.15) is 0 Å². The topological polar surface area (TPSA) is 29.9 Å². The highest BCUT2D eigenvalue weighted by atomic mass is 15.1. The summed E-state index contributed by atoms with van der Waals surface area (Å²) in [5.74, 6) is 0. The van der Waals surface area contributed by atoms with Gasteiger partial charge in [0.1, 0.15) is 0 Å². The van der Waals surface area contributed by atoms with E-state index in [4.69, 9.17) is 0 Å². The molecule has 0 saturated heterocycles. The lowest BCUT2D eigenvalue weighted by Gasteiger charge is -2.42. The monoisotopic (exact) mass is 235 g/mol. The van der Waals surface area contributed by atoms with Crippen molar-refractivity contribution in [3.05, 3.63) is 18.2 Å². The van der Waals surface area contributed by atoms with Crippen molar-refractivity contribution >= 4 is 0 Å². The van der Waals surface area contributed by atoms with E-state index in [1.54, 1.807) is 0 Å². The first-order valence-corrected chi connectivity index (χ1v) is 6.72. The zero-order valence-electron chi connectivity index (χ0n) is 11.6. The molecule has 0 radical (unpaired) electrons. The van der Waals surface area contributed by atoms with E-state index in [9.17, 15) is 0 Å². The Bertz CT molecular complexity index is 369. The van der Waals surface area contributed by atoms with Crippen LogP contribution in [0.25, 0.3) is 0 Å². The van der Waals surface area contributed by atoms with Crippen molar-refractivity contribution in [2.24, 2.45) is 5.41 Å². The summed E-state index contributed by atoms with van der Waals surface area (Å²) in [5.41, 5.74) is 1.83. The van der Waals surface area contributed by atoms with Gasteiger partial charge < -0.3 is 9.88 Å². The molecule has 1 heterocycles. The average Bonchev–Trinajstić information content (AvgIpc) is 2.72. The van der Waals surface area contributed by atoms with Gasteiger partial charge in [-0.3, -0.25) is 0 Å². The fourth-order valence-corrected chi connectivity index (χ4v) is 2.76. The van der Waals surface area contributed by atoms with Gasteiger partial charge in [0.25, 0.3) is 0 Å². The smallest absolute Gasteiger partial charge is 0.0948 e. The Morgan fingerprint density at radius 3 is 2.65 bits per heavy atom. The molecule has 1 aliphatic rings. The third-order valence-electron chi connectivity index (χ3n) is 4.65. The average molecular weight is 235 g/mol. The van der Waals surface area contributed by atoms with Crippen molar-refractivity contribution in [3.63, 3.8) is 0 Å². The molecule has 1 aliphatic carbocycles. The van der Waals surface area contributed by atoms with Crippen LogP contribution in [0.3, 0.4) is 0 Å². The second-order valence-corrected chi connectivity index (χ2v) is 5.99. The molecule has 1 saturated carbocycles. The molecule has 1 aromatic rings. The van der Waals surface area contributed by atoms with Gasteiger partial charge in [0.15, 0.2) is 0 Å². The molecule has 1 N–H and O–H groups in total. The first-order valence-electron chi connectivity index (χ1n) is 6.72. The fraction of sp³-hybridized carbons (Fsp3) is 0.786. The number of rotatable bonds is 5. The minimum atomic E-state index is -0.00478. The van der Waals surface area contributed by atoms with Crippen molar-refractivity contribution in [2.75, 3.05) is 7.05 Å². The summed E-state index contributed by atoms with van der Waals surface area (Å²) in [7, 11) is 2.01. The van der Waals surface area contributed by atoms with Gasteiger partial charge in [0.2, 0.25) is 0 Å². The van der Waals surface area contributed by atoms with E-state index in [2.05, 4.69) is 35.6 Å². The lowest BCUT2D eigenvalue weighted by molar-refractivity contribution is 0.0973. The van der Waals surface area contributed by atoms with E-state index < -0.39 is 0 Å². The molecule has 0 spiro atoms. The van der Waals surface area contributed by atoms with E-state index in [1.165, 1.54) is 31.4 Å². The van der Waals surface area contributed by atoms with Gasteiger partial charge in [-0.25, -0.2) is 4.98 Å². The van der Waals surface area contributed by atoms with E-state index in [-0.39, 0.29) is 5.54 Å². The third kappa shape index (κ3) is 2.25. The molecule has 0 aliphatic heterocycles. The first kappa shape index (κ1) is 12.6. The molecule has 1 aromatic heterocycles. The van der Waals surface area contributed by atoms with Crippen LogP contribution in [0.1, 0.15) is 52.1 Å². The van der Waals surface area contributed by atoms with E-state index in [1.807, 2.05) is 19.6 Å². The molecule has 0 unspecified atom stereocenters. The van der Waals surface area contributed by atoms with Crippen molar-refractivity contribution in [1.29, 1.82) is 0 Å². The number of nitrogens with one attached hydrogen (secondary N) is 1. The van der Waals surface area contributed by atoms with Crippen molar-refractivity contribution in [2.45, 2.75) is 58.5 Å². The van der Waals surface area contributed by atoms with Crippen LogP contribution in [-0.4, -0.2) is 16.6 Å². The summed E-state index contributed by atoms with van der Waals surface area (Å²) < 4.78 is 2.35. The van der Waals surface area contributed by atoms with E-state index in [0.29, 0.717) is 5.41 Å². The molecule has 2 rings (SSSR count). The summed E-state index contributed by atoms with van der Waals surface area (Å²) in [6.07, 6.45) is 9.42. The summed E-state index contributed by atoms with van der Waals surface area (Å²) in [6.45, 7) is 7.86. The Balaban J connectivity index is 2.20. The number of imidazole rings is 1. The van der Waals surface area contributed by atoms with Crippen molar-refractivity contribution < 1.29 is 0 Å². The summed E-state index contributed by atoms with van der Waals surface area (Å²) in [4.78, 5) is 4.34. The van der Waals surface area contributed by atoms with E-state index >= 15 is 0 Å². The van der Waals surface area contributed by atoms with Crippen molar-refractivity contribution in [3.8, 4) is 0 Å². The molecular weight excluding hydrogens is 210 g/mol. The molecule has 0 atom stereocenters. The summed E-state index contributed by atoms with van der Waals surface area (Å²) >= 11 is 0. The second-order valence-electron chi connectivity index (χ2n) is 5.99. The Morgan fingerprint density at radius 1 is 1.47 bits per heavy atom. The van der Waals surface area contributed by atoms with Crippen LogP contribution >= 0.6 is 0 Å². The predicted molar refractivity (Wildman–Crippen MR) is 70.9 cm³/mol. The molecule has 17 heavy (non-hydrogen) atoms. The normalized spacial score (nSPS) is 19.1. The Kier molecular flexibility index (Phi) is 3.30. The highest BCUT2D eigenvalue weighted by Crippen LogP contribution is 2.45. The van der Waals surface area contributed by atoms with Crippen LogP contribution in [0.2, 0.25) is 0 Å². The van der Waals surface area contributed by atoms with Crippen LogP contribution in [0.4, 0.5) is 0 Å². The molecule has 96 valence electrons. The maximum absolute atomic E-state index is 4.34. The SMILES string of the molecule is CCC1(Cn2cncc2C(C)(C)NC)CCC1. The Morgan fingerprint density at radius 2 is 2.18 bits per heavy atom. The largest absolute Gasteiger partial charge is 0.332 e. The Hall–Kier alpha value is -0.830. The molecule has 0 aromatic carbocycles. The van der Waals surface area contributed by atoms with Crippen LogP contribution in [0.5, 0.6) is 0 Å². The van der Waals surface area contributed by atoms with E-state index in [0.717, 1.165) is 6.54 Å². The lowest BCUT2D eigenvalue weighted by Crippen LogP contribution is -2.39. The summed E-state index contributed by atoms with van der Waals surface area (Å²) in [5, 5.41) is 3.36. The molecule has 1 fully saturated rings. The highest BCUT2D eigenvalue weighted by molar-refractivity contribution is 5.11. The minimum Gasteiger partial charge on any atom is -0.332 e. The van der Waals surface area contributed by atoms with Gasteiger partial charge in [-0.1, -0.05) is 13.3 Å². The maximum Gasteiger partial charge on any atom is 0.0948 e. The third-order valence-corrected chi connectivity index (χ3v) is 4.65. The van der Waals surface area contributed by atoms with Gasteiger partial charge >= 0.3 is 0 Å². The van der Waals surface area contributed by atoms with Gasteiger partial charge in [0.05, 0.1) is 17.6 Å². The first-order chi connectivity index (χ1) is 8.03. The van der Waals surface area contributed by atoms with Crippen molar-refractivity contribution in [1.82, 2.24) is 14.9 Å². The number of nitrogens with zero attached hydrogens (tertiary/aromatic N) is 2. The molecule has 3 heteroatoms. The zero-order valence-corrected chi connectivity index (χ0v) is 11.6. The predicted octanol–water partition coefficient (Wildman–Crippen LogP) is 2.92. The fourth-order valence-electron chi connectivity index (χ4n) is 2.76. The van der Waals surface area contributed by atoms with Crippen LogP contribution < -0.4 is 5.32 Å². The van der Waals surface area contributed by atoms with Gasteiger partial charge in [0, 0.05) is 12.7 Å². The van der Waals surface area contributed by atoms with Crippen LogP contribution in [0, 0.1) is 5.41 Å². The molecule has 0 bridgehead atoms. The number of aromatic nitrogens is 2.